The van der Waals surface area contributed by atoms with Crippen LogP contribution in [0.4, 0.5) is 0 Å². The number of hydrogen-bond donors (Lipinski definition) is 1. The van der Waals surface area contributed by atoms with E-state index in [4.69, 9.17) is 5.10 Å². The third kappa shape index (κ3) is 4.64. The van der Waals surface area contributed by atoms with E-state index in [0.29, 0.717) is 17.9 Å². The second kappa shape index (κ2) is 9.87. The van der Waals surface area contributed by atoms with Gasteiger partial charge >= 0.3 is 5.97 Å². The fraction of sp³-hybridized carbons (Fsp3) is 0.231. The van der Waals surface area contributed by atoms with Gasteiger partial charge in [0.05, 0.1) is 31.0 Å². The number of aromatic nitrogens is 4. The summed E-state index contributed by atoms with van der Waals surface area (Å²) in [5.41, 5.74) is 3.90. The highest BCUT2D eigenvalue weighted by molar-refractivity contribution is 9.10. The lowest BCUT2D eigenvalue weighted by atomic mass is 9.96. The van der Waals surface area contributed by atoms with Gasteiger partial charge in [0.15, 0.2) is 0 Å². The first kappa shape index (κ1) is 23.0. The Morgan fingerprint density at radius 3 is 2.49 bits per heavy atom. The van der Waals surface area contributed by atoms with Crippen molar-refractivity contribution >= 4 is 27.8 Å². The minimum Gasteiger partial charge on any atom is -0.481 e. The van der Waals surface area contributed by atoms with Crippen molar-refractivity contribution in [3.05, 3.63) is 94.6 Å². The number of imidazole rings is 1. The number of carboxylic acid groups (broad SMARTS) is 1. The number of amides is 1. The Bertz CT molecular complexity index is 1330. The largest absolute Gasteiger partial charge is 0.481 e. The first-order valence-corrected chi connectivity index (χ1v) is 12.2. The smallest absolute Gasteiger partial charge is 0.305 e. The third-order valence-corrected chi connectivity index (χ3v) is 6.71. The molecular weight excluding hydrogens is 510 g/mol. The molecule has 1 N–H and O–H groups in total. The van der Waals surface area contributed by atoms with E-state index in [2.05, 4.69) is 20.9 Å². The number of halogens is 1. The highest BCUT2D eigenvalue weighted by Gasteiger charge is 2.43. The standard InChI is InChI=1S/C26H24BrN5O3/c27-20-9-7-19(8-10-20)24-22-23(18-5-2-1-3-6-18)29-32(15-11-21(33)34)25(22)26(35)31(24)14-4-13-30-16-12-28-17-30/h1-3,5-10,12,16-17,24H,4,11,13-15H2,(H,33,34). The second-order valence-electron chi connectivity index (χ2n) is 8.45. The van der Waals surface area contributed by atoms with Crippen LogP contribution in [0.3, 0.4) is 0 Å². The van der Waals surface area contributed by atoms with Gasteiger partial charge in [0.1, 0.15) is 5.69 Å². The first-order valence-electron chi connectivity index (χ1n) is 11.4. The summed E-state index contributed by atoms with van der Waals surface area (Å²) in [6.07, 6.45) is 6.06. The summed E-state index contributed by atoms with van der Waals surface area (Å²) in [4.78, 5) is 31.1. The molecule has 2 aromatic carbocycles. The number of hydrogen-bond acceptors (Lipinski definition) is 4. The number of benzene rings is 2. The Morgan fingerprint density at radius 1 is 1.03 bits per heavy atom. The maximum absolute atomic E-state index is 13.8. The molecule has 35 heavy (non-hydrogen) atoms. The molecule has 1 unspecified atom stereocenters. The molecule has 1 aliphatic heterocycles. The maximum atomic E-state index is 13.8. The van der Waals surface area contributed by atoms with Crippen molar-refractivity contribution in [2.45, 2.75) is 32.0 Å². The molecule has 0 spiro atoms. The molecular formula is C26H24BrN5O3. The van der Waals surface area contributed by atoms with E-state index in [1.165, 1.54) is 0 Å². The van der Waals surface area contributed by atoms with Crippen LogP contribution in [0.2, 0.25) is 0 Å². The SMILES string of the molecule is O=C(O)CCn1nc(-c2ccccc2)c2c1C(=O)N(CCCn1ccnc1)C2c1ccc(Br)cc1. The summed E-state index contributed by atoms with van der Waals surface area (Å²) >= 11 is 3.50. The molecule has 1 aliphatic rings. The molecule has 1 atom stereocenters. The van der Waals surface area contributed by atoms with Gasteiger partial charge in [-0.2, -0.15) is 5.10 Å². The maximum Gasteiger partial charge on any atom is 0.305 e. The van der Waals surface area contributed by atoms with Gasteiger partial charge in [-0.05, 0) is 24.1 Å². The Hall–Kier alpha value is -3.72. The number of carbonyl (C=O) groups excluding carboxylic acids is 1. The molecule has 0 fully saturated rings. The number of nitrogens with zero attached hydrogens (tertiary/aromatic N) is 5. The van der Waals surface area contributed by atoms with E-state index < -0.39 is 5.97 Å². The van der Waals surface area contributed by atoms with Gasteiger partial charge in [-0.25, -0.2) is 4.98 Å². The lowest BCUT2D eigenvalue weighted by Crippen LogP contribution is -2.32. The van der Waals surface area contributed by atoms with Crippen LogP contribution in [0.25, 0.3) is 11.3 Å². The molecule has 0 bridgehead atoms. The summed E-state index contributed by atoms with van der Waals surface area (Å²) in [5.74, 6) is -1.05. The predicted octanol–water partition coefficient (Wildman–Crippen LogP) is 4.62. The molecule has 9 heteroatoms. The molecule has 0 saturated heterocycles. The lowest BCUT2D eigenvalue weighted by Gasteiger charge is -2.26. The molecule has 8 nitrogen and oxygen atoms in total. The van der Waals surface area contributed by atoms with Crippen molar-refractivity contribution in [2.75, 3.05) is 6.54 Å². The second-order valence-corrected chi connectivity index (χ2v) is 9.37. The van der Waals surface area contributed by atoms with Crippen molar-refractivity contribution < 1.29 is 14.7 Å². The van der Waals surface area contributed by atoms with E-state index in [-0.39, 0.29) is 24.9 Å². The third-order valence-electron chi connectivity index (χ3n) is 6.18. The Balaban J connectivity index is 1.59. The highest BCUT2D eigenvalue weighted by atomic mass is 79.9. The van der Waals surface area contributed by atoms with E-state index in [9.17, 15) is 14.7 Å². The van der Waals surface area contributed by atoms with Crippen molar-refractivity contribution in [3.63, 3.8) is 0 Å². The summed E-state index contributed by atoms with van der Waals surface area (Å²) in [7, 11) is 0. The zero-order valence-electron chi connectivity index (χ0n) is 18.9. The normalized spacial score (nSPS) is 14.9. The van der Waals surface area contributed by atoms with Gasteiger partial charge in [0.25, 0.3) is 5.91 Å². The van der Waals surface area contributed by atoms with Gasteiger partial charge in [0, 0.05) is 41.1 Å². The molecule has 4 aromatic rings. The van der Waals surface area contributed by atoms with E-state index in [1.54, 1.807) is 17.2 Å². The fourth-order valence-corrected chi connectivity index (χ4v) is 4.87. The summed E-state index contributed by atoms with van der Waals surface area (Å²) in [5, 5.41) is 14.0. The number of carboxylic acids is 1. The fourth-order valence-electron chi connectivity index (χ4n) is 4.61. The highest BCUT2D eigenvalue weighted by Crippen LogP contribution is 2.44. The summed E-state index contributed by atoms with van der Waals surface area (Å²) in [6.45, 7) is 1.41. The van der Waals surface area contributed by atoms with E-state index in [1.807, 2.05) is 70.3 Å². The minimum absolute atomic E-state index is 0.112. The van der Waals surface area contributed by atoms with Crippen LogP contribution in [0.1, 0.15) is 40.5 Å². The van der Waals surface area contributed by atoms with Crippen LogP contribution in [-0.4, -0.2) is 47.8 Å². The van der Waals surface area contributed by atoms with E-state index in [0.717, 1.165) is 34.1 Å². The predicted molar refractivity (Wildman–Crippen MR) is 134 cm³/mol. The monoisotopic (exact) mass is 533 g/mol. The van der Waals surface area contributed by atoms with Gasteiger partial charge < -0.3 is 14.6 Å². The number of fused-ring (bicyclic) bond motifs is 1. The number of carbonyl (C=O) groups is 2. The molecule has 0 radical (unpaired) electrons. The van der Waals surface area contributed by atoms with Gasteiger partial charge in [0.2, 0.25) is 0 Å². The number of aryl methyl sites for hydroxylation is 2. The molecule has 0 aliphatic carbocycles. The molecule has 1 amide bonds. The van der Waals surface area contributed by atoms with Crippen molar-refractivity contribution in [3.8, 4) is 11.3 Å². The van der Waals surface area contributed by atoms with Crippen LogP contribution in [0.15, 0.2) is 77.8 Å². The molecule has 2 aromatic heterocycles. The van der Waals surface area contributed by atoms with Crippen LogP contribution >= 0.6 is 15.9 Å². The average molecular weight is 534 g/mol. The van der Waals surface area contributed by atoms with Crippen molar-refractivity contribution in [1.29, 1.82) is 0 Å². The average Bonchev–Trinajstić information content (AvgIpc) is 3.57. The first-order chi connectivity index (χ1) is 17.0. The molecule has 3 heterocycles. The van der Waals surface area contributed by atoms with E-state index >= 15 is 0 Å². The topological polar surface area (TPSA) is 93.2 Å². The number of aliphatic carboxylic acids is 1. The number of rotatable bonds is 9. The zero-order valence-corrected chi connectivity index (χ0v) is 20.5. The molecule has 5 rings (SSSR count). The Kier molecular flexibility index (Phi) is 6.50. The van der Waals surface area contributed by atoms with Crippen molar-refractivity contribution in [2.24, 2.45) is 0 Å². The Morgan fingerprint density at radius 2 is 1.80 bits per heavy atom. The molecule has 178 valence electrons. The molecule has 0 saturated carbocycles. The van der Waals surface area contributed by atoms with Crippen LogP contribution in [-0.2, 0) is 17.9 Å². The lowest BCUT2D eigenvalue weighted by molar-refractivity contribution is -0.137. The summed E-state index contributed by atoms with van der Waals surface area (Å²) < 4.78 is 4.53. The van der Waals surface area contributed by atoms with Crippen LogP contribution < -0.4 is 0 Å². The zero-order chi connectivity index (χ0) is 24.4. The Labute approximate surface area is 211 Å². The minimum atomic E-state index is -0.928. The van der Waals surface area contributed by atoms with Crippen LogP contribution in [0, 0.1) is 0 Å². The van der Waals surface area contributed by atoms with Gasteiger partial charge in [-0.1, -0.05) is 58.4 Å². The quantitative estimate of drug-likeness (QED) is 0.338. The van der Waals surface area contributed by atoms with Crippen LogP contribution in [0.5, 0.6) is 0 Å². The van der Waals surface area contributed by atoms with Gasteiger partial charge in [-0.15, -0.1) is 0 Å². The van der Waals surface area contributed by atoms with Crippen molar-refractivity contribution in [1.82, 2.24) is 24.2 Å². The summed E-state index contributed by atoms with van der Waals surface area (Å²) in [6, 6.07) is 17.4. The van der Waals surface area contributed by atoms with Gasteiger partial charge in [-0.3, -0.25) is 14.3 Å².